The maximum absolute atomic E-state index is 13.3. The first-order valence-corrected chi connectivity index (χ1v) is 6.86. The summed E-state index contributed by atoms with van der Waals surface area (Å²) < 4.78 is 14.0. The van der Waals surface area contributed by atoms with Crippen molar-refractivity contribution >= 4 is 17.8 Å². The van der Waals surface area contributed by atoms with Crippen LogP contribution in [0.2, 0.25) is 0 Å². The Morgan fingerprint density at radius 3 is 3.00 bits per heavy atom. The number of aromatic amines is 2. The van der Waals surface area contributed by atoms with Crippen LogP contribution in [-0.4, -0.2) is 9.97 Å². The first kappa shape index (κ1) is 12.4. The third kappa shape index (κ3) is 2.68. The summed E-state index contributed by atoms with van der Waals surface area (Å²) in [5, 5.41) is 0. The molecule has 3 rings (SSSR count). The van der Waals surface area contributed by atoms with Crippen LogP contribution in [-0.2, 0) is 6.42 Å². The van der Waals surface area contributed by atoms with Gasteiger partial charge in [0.25, 0.3) is 0 Å². The van der Waals surface area contributed by atoms with Crippen molar-refractivity contribution in [2.45, 2.75) is 19.3 Å². The van der Waals surface area contributed by atoms with Gasteiger partial charge in [0.15, 0.2) is 4.77 Å². The molecule has 0 aliphatic heterocycles. The van der Waals surface area contributed by atoms with Gasteiger partial charge in [-0.3, -0.25) is 0 Å². The minimum atomic E-state index is -0.176. The highest BCUT2D eigenvalue weighted by molar-refractivity contribution is 7.71. The number of benzene rings is 1. The van der Waals surface area contributed by atoms with Crippen LogP contribution in [0.25, 0.3) is 5.57 Å². The first-order valence-electron chi connectivity index (χ1n) is 6.45. The molecule has 0 spiro atoms. The maximum atomic E-state index is 13.3. The van der Waals surface area contributed by atoms with E-state index in [4.69, 9.17) is 12.2 Å². The number of H-pyrrole nitrogens is 2. The molecule has 19 heavy (non-hydrogen) atoms. The van der Waals surface area contributed by atoms with Crippen LogP contribution in [0.3, 0.4) is 0 Å². The average molecular weight is 274 g/mol. The molecule has 98 valence electrons. The van der Waals surface area contributed by atoms with E-state index in [1.807, 2.05) is 12.3 Å². The van der Waals surface area contributed by atoms with Gasteiger partial charge >= 0.3 is 0 Å². The summed E-state index contributed by atoms with van der Waals surface area (Å²) in [6.45, 7) is 0. The topological polar surface area (TPSA) is 31.6 Å². The summed E-state index contributed by atoms with van der Waals surface area (Å²) in [5.41, 5.74) is 3.36. The van der Waals surface area contributed by atoms with Crippen molar-refractivity contribution in [3.63, 3.8) is 0 Å². The smallest absolute Gasteiger partial charge is 0.174 e. The SMILES string of the molecule is Fc1cccc(C2=CCC[C@H]2Cc2c[nH]c(=S)[nH]2)c1. The highest BCUT2D eigenvalue weighted by atomic mass is 32.1. The number of aromatic nitrogens is 2. The van der Waals surface area contributed by atoms with Crippen LogP contribution in [0.15, 0.2) is 36.5 Å². The second-order valence-electron chi connectivity index (χ2n) is 4.92. The molecule has 0 radical (unpaired) electrons. The zero-order chi connectivity index (χ0) is 13.2. The molecular weight excluding hydrogens is 259 g/mol. The summed E-state index contributed by atoms with van der Waals surface area (Å²) in [4.78, 5) is 6.13. The van der Waals surface area contributed by atoms with Crippen molar-refractivity contribution < 1.29 is 4.39 Å². The molecule has 1 aliphatic carbocycles. The van der Waals surface area contributed by atoms with Crippen molar-refractivity contribution in [1.29, 1.82) is 0 Å². The molecule has 1 atom stereocenters. The fraction of sp³-hybridized carbons (Fsp3) is 0.267. The molecule has 0 fully saturated rings. The Labute approximate surface area is 116 Å². The number of rotatable bonds is 3. The predicted molar refractivity (Wildman–Crippen MR) is 76.8 cm³/mol. The molecule has 1 aliphatic rings. The molecule has 0 unspecified atom stereocenters. The second kappa shape index (κ2) is 5.13. The molecule has 1 aromatic heterocycles. The van der Waals surface area contributed by atoms with Crippen molar-refractivity contribution in [1.82, 2.24) is 9.97 Å². The van der Waals surface area contributed by atoms with Crippen LogP contribution in [0.1, 0.15) is 24.1 Å². The van der Waals surface area contributed by atoms with Gasteiger partial charge in [-0.15, -0.1) is 0 Å². The van der Waals surface area contributed by atoms with Crippen molar-refractivity contribution in [3.05, 3.63) is 58.4 Å². The first-order chi connectivity index (χ1) is 9.22. The summed E-state index contributed by atoms with van der Waals surface area (Å²) >= 11 is 5.04. The zero-order valence-corrected chi connectivity index (χ0v) is 11.3. The second-order valence-corrected chi connectivity index (χ2v) is 5.32. The molecule has 0 bridgehead atoms. The van der Waals surface area contributed by atoms with Gasteiger partial charge in [-0.1, -0.05) is 18.2 Å². The van der Waals surface area contributed by atoms with Gasteiger partial charge in [0.2, 0.25) is 0 Å². The average Bonchev–Trinajstić information content (AvgIpc) is 2.99. The van der Waals surface area contributed by atoms with Crippen LogP contribution >= 0.6 is 12.2 Å². The predicted octanol–water partition coefficient (Wildman–Crippen LogP) is 4.25. The Morgan fingerprint density at radius 1 is 1.37 bits per heavy atom. The van der Waals surface area contributed by atoms with E-state index in [9.17, 15) is 4.39 Å². The minimum absolute atomic E-state index is 0.176. The van der Waals surface area contributed by atoms with E-state index in [1.165, 1.54) is 11.6 Å². The van der Waals surface area contributed by atoms with Crippen molar-refractivity contribution in [3.8, 4) is 0 Å². The third-order valence-electron chi connectivity index (χ3n) is 3.60. The molecule has 1 aromatic carbocycles. The third-order valence-corrected chi connectivity index (χ3v) is 3.81. The fourth-order valence-corrected chi connectivity index (χ4v) is 2.93. The van der Waals surface area contributed by atoms with E-state index in [0.717, 1.165) is 30.5 Å². The zero-order valence-electron chi connectivity index (χ0n) is 10.4. The van der Waals surface area contributed by atoms with Crippen LogP contribution in [0.4, 0.5) is 4.39 Å². The lowest BCUT2D eigenvalue weighted by molar-refractivity contribution is 0.622. The van der Waals surface area contributed by atoms with Crippen LogP contribution < -0.4 is 0 Å². The van der Waals surface area contributed by atoms with Gasteiger partial charge in [-0.05, 0) is 60.7 Å². The van der Waals surface area contributed by atoms with Gasteiger partial charge in [-0.25, -0.2) is 4.39 Å². The highest BCUT2D eigenvalue weighted by Gasteiger charge is 2.21. The quantitative estimate of drug-likeness (QED) is 0.806. The highest BCUT2D eigenvalue weighted by Crippen LogP contribution is 2.35. The van der Waals surface area contributed by atoms with E-state index in [0.29, 0.717) is 10.7 Å². The van der Waals surface area contributed by atoms with E-state index >= 15 is 0 Å². The minimum Gasteiger partial charge on any atom is -0.337 e. The molecule has 0 saturated carbocycles. The number of imidazole rings is 1. The van der Waals surface area contributed by atoms with Crippen molar-refractivity contribution in [2.24, 2.45) is 5.92 Å². The Hall–Kier alpha value is -1.68. The normalized spacial score (nSPS) is 18.6. The van der Waals surface area contributed by atoms with E-state index in [-0.39, 0.29) is 5.82 Å². The van der Waals surface area contributed by atoms with E-state index in [2.05, 4.69) is 16.0 Å². The number of allylic oxidation sites excluding steroid dienone is 2. The number of hydrogen-bond acceptors (Lipinski definition) is 1. The molecule has 2 nitrogen and oxygen atoms in total. The molecule has 0 amide bonds. The van der Waals surface area contributed by atoms with Gasteiger partial charge in [0, 0.05) is 11.9 Å². The van der Waals surface area contributed by atoms with Crippen LogP contribution in [0, 0.1) is 16.5 Å². The Bertz CT molecular complexity index is 669. The molecule has 0 saturated heterocycles. The van der Waals surface area contributed by atoms with Gasteiger partial charge in [0.1, 0.15) is 5.82 Å². The summed E-state index contributed by atoms with van der Waals surface area (Å²) in [6.07, 6.45) is 7.22. The molecular formula is C15H15FN2S. The molecule has 2 aromatic rings. The fourth-order valence-electron chi connectivity index (χ4n) is 2.74. The molecule has 2 N–H and O–H groups in total. The van der Waals surface area contributed by atoms with Crippen molar-refractivity contribution in [2.75, 3.05) is 0 Å². The Balaban J connectivity index is 1.83. The Kier molecular flexibility index (Phi) is 3.34. The van der Waals surface area contributed by atoms with Gasteiger partial charge in [-0.2, -0.15) is 0 Å². The lowest BCUT2D eigenvalue weighted by atomic mass is 9.91. The summed E-state index contributed by atoms with van der Waals surface area (Å²) in [7, 11) is 0. The van der Waals surface area contributed by atoms with E-state index < -0.39 is 0 Å². The monoisotopic (exact) mass is 274 g/mol. The summed E-state index contributed by atoms with van der Waals surface area (Å²) in [6, 6.07) is 6.85. The van der Waals surface area contributed by atoms with E-state index in [1.54, 1.807) is 12.1 Å². The summed E-state index contributed by atoms with van der Waals surface area (Å²) in [5.74, 6) is 0.258. The maximum Gasteiger partial charge on any atom is 0.174 e. The van der Waals surface area contributed by atoms with Crippen LogP contribution in [0.5, 0.6) is 0 Å². The lowest BCUT2D eigenvalue weighted by Crippen LogP contribution is -2.04. The van der Waals surface area contributed by atoms with Gasteiger partial charge < -0.3 is 9.97 Å². The number of hydrogen-bond donors (Lipinski definition) is 2. The largest absolute Gasteiger partial charge is 0.337 e. The number of nitrogens with one attached hydrogen (secondary N) is 2. The van der Waals surface area contributed by atoms with Gasteiger partial charge in [0.05, 0.1) is 0 Å². The molecule has 4 heteroatoms. The lowest BCUT2D eigenvalue weighted by Gasteiger charge is -2.14. The Morgan fingerprint density at radius 2 is 2.26 bits per heavy atom. The number of halogens is 1. The standard InChI is InChI=1S/C15H15FN2S/c16-12-5-1-3-10(7-12)14-6-2-4-11(14)8-13-9-17-15(19)18-13/h1,3,5-7,9,11H,2,4,8H2,(H2,17,18,19)/t11-/m0/s1. The molecule has 1 heterocycles.